The number of hydrogen-bond donors (Lipinski definition) is 2. The average Bonchev–Trinajstić information content (AvgIpc) is 3.05. The summed E-state index contributed by atoms with van der Waals surface area (Å²) in [6.07, 6.45) is 0. The van der Waals surface area contributed by atoms with E-state index in [0.29, 0.717) is 10.8 Å². The Bertz CT molecular complexity index is 917. The second kappa shape index (κ2) is 6.67. The molecule has 8 heteroatoms. The van der Waals surface area contributed by atoms with Gasteiger partial charge in [-0.3, -0.25) is 9.59 Å². The quantitative estimate of drug-likeness (QED) is 0.757. The molecule has 0 aliphatic rings. The molecule has 0 saturated heterocycles. The largest absolute Gasteiger partial charge is 0.339 e. The summed E-state index contributed by atoms with van der Waals surface area (Å²) in [4.78, 5) is 30.1. The third-order valence-electron chi connectivity index (χ3n) is 3.28. The van der Waals surface area contributed by atoms with Crippen molar-refractivity contribution in [2.45, 2.75) is 13.0 Å². The predicted octanol–water partition coefficient (Wildman–Crippen LogP) is 2.57. The molecule has 24 heavy (non-hydrogen) atoms. The molecule has 7 nitrogen and oxygen atoms in total. The summed E-state index contributed by atoms with van der Waals surface area (Å²) in [5.74, 6) is 0.217. The second-order valence-corrected chi connectivity index (χ2v) is 5.52. The number of amides is 1. The number of nitrogens with zero attached hydrogens (tertiary/aromatic N) is 2. The van der Waals surface area contributed by atoms with Gasteiger partial charge in [-0.2, -0.15) is 4.98 Å². The van der Waals surface area contributed by atoms with Crippen LogP contribution in [0.1, 0.15) is 29.3 Å². The Kier molecular flexibility index (Phi) is 4.43. The van der Waals surface area contributed by atoms with Crippen molar-refractivity contribution in [3.8, 4) is 11.4 Å². The van der Waals surface area contributed by atoms with Crippen molar-refractivity contribution in [1.29, 1.82) is 0 Å². The van der Waals surface area contributed by atoms with Crippen LogP contribution in [0.3, 0.4) is 0 Å². The number of halogens is 1. The Balaban J connectivity index is 1.74. The van der Waals surface area contributed by atoms with Gasteiger partial charge in [0.2, 0.25) is 17.3 Å². The number of nitrogens with one attached hydrogen (secondary N) is 2. The Hall–Kier alpha value is -2.93. The number of carbonyl (C=O) groups is 1. The van der Waals surface area contributed by atoms with Gasteiger partial charge < -0.3 is 14.8 Å². The van der Waals surface area contributed by atoms with Crippen molar-refractivity contribution in [2.24, 2.45) is 0 Å². The zero-order valence-corrected chi connectivity index (χ0v) is 13.4. The van der Waals surface area contributed by atoms with Gasteiger partial charge in [-0.15, -0.1) is 0 Å². The van der Waals surface area contributed by atoms with E-state index in [0.717, 1.165) is 5.56 Å². The lowest BCUT2D eigenvalue weighted by molar-refractivity contribution is 0.0927. The molecule has 0 unspecified atom stereocenters. The first kappa shape index (κ1) is 15.9. The van der Waals surface area contributed by atoms with Crippen LogP contribution in [0.2, 0.25) is 5.02 Å². The molecule has 0 radical (unpaired) electrons. The van der Waals surface area contributed by atoms with Crippen LogP contribution in [0.4, 0.5) is 0 Å². The molecule has 0 spiro atoms. The summed E-state index contributed by atoms with van der Waals surface area (Å²) in [7, 11) is 0. The molecule has 2 N–H and O–H groups in total. The molecule has 0 saturated carbocycles. The summed E-state index contributed by atoms with van der Waals surface area (Å²) < 4.78 is 5.19. The Morgan fingerprint density at radius 3 is 2.71 bits per heavy atom. The molecular formula is C16H13ClN4O3. The maximum Gasteiger partial charge on any atom is 0.268 e. The van der Waals surface area contributed by atoms with Gasteiger partial charge in [-0.25, -0.2) is 0 Å². The van der Waals surface area contributed by atoms with Crippen molar-refractivity contribution in [1.82, 2.24) is 20.4 Å². The number of benzene rings is 1. The van der Waals surface area contributed by atoms with E-state index < -0.39 is 11.9 Å². The van der Waals surface area contributed by atoms with Crippen LogP contribution in [0, 0.1) is 0 Å². The second-order valence-electron chi connectivity index (χ2n) is 5.09. The Labute approximate surface area is 141 Å². The summed E-state index contributed by atoms with van der Waals surface area (Å²) in [5, 5.41) is 7.19. The van der Waals surface area contributed by atoms with E-state index in [1.165, 1.54) is 18.2 Å². The van der Waals surface area contributed by atoms with Gasteiger partial charge in [-0.1, -0.05) is 22.8 Å². The van der Waals surface area contributed by atoms with E-state index in [1.54, 1.807) is 31.2 Å². The third-order valence-corrected chi connectivity index (χ3v) is 3.53. The number of carbonyl (C=O) groups excluding carboxylic acids is 1. The van der Waals surface area contributed by atoms with E-state index in [1.807, 2.05) is 0 Å². The highest BCUT2D eigenvalue weighted by molar-refractivity contribution is 6.30. The lowest BCUT2D eigenvalue weighted by Crippen LogP contribution is -2.29. The molecule has 0 aliphatic heterocycles. The lowest BCUT2D eigenvalue weighted by atomic mass is 10.2. The van der Waals surface area contributed by atoms with E-state index in [4.69, 9.17) is 16.1 Å². The van der Waals surface area contributed by atoms with Gasteiger partial charge in [0.1, 0.15) is 11.7 Å². The van der Waals surface area contributed by atoms with Gasteiger partial charge in [0.05, 0.1) is 0 Å². The minimum absolute atomic E-state index is 0.159. The van der Waals surface area contributed by atoms with Gasteiger partial charge in [-0.05, 0) is 37.3 Å². The van der Waals surface area contributed by atoms with Gasteiger partial charge >= 0.3 is 0 Å². The monoisotopic (exact) mass is 344 g/mol. The normalized spacial score (nSPS) is 11.9. The van der Waals surface area contributed by atoms with Crippen LogP contribution in [0.25, 0.3) is 11.4 Å². The fourth-order valence-electron chi connectivity index (χ4n) is 2.04. The molecule has 3 rings (SSSR count). The highest BCUT2D eigenvalue weighted by atomic mass is 35.5. The van der Waals surface area contributed by atoms with Crippen molar-refractivity contribution >= 4 is 17.5 Å². The number of aromatic nitrogens is 3. The van der Waals surface area contributed by atoms with Crippen molar-refractivity contribution < 1.29 is 9.32 Å². The first-order valence-electron chi connectivity index (χ1n) is 7.12. The molecule has 2 aromatic heterocycles. The van der Waals surface area contributed by atoms with Crippen LogP contribution >= 0.6 is 11.6 Å². The lowest BCUT2D eigenvalue weighted by Gasteiger charge is -2.09. The van der Waals surface area contributed by atoms with E-state index in [-0.39, 0.29) is 17.1 Å². The van der Waals surface area contributed by atoms with Crippen molar-refractivity contribution in [3.05, 3.63) is 69.4 Å². The Morgan fingerprint density at radius 2 is 2.00 bits per heavy atom. The zero-order chi connectivity index (χ0) is 17.1. The molecule has 0 bridgehead atoms. The van der Waals surface area contributed by atoms with Crippen molar-refractivity contribution in [2.75, 3.05) is 0 Å². The summed E-state index contributed by atoms with van der Waals surface area (Å²) in [6, 6.07) is 10.8. The highest BCUT2D eigenvalue weighted by Gasteiger charge is 2.18. The van der Waals surface area contributed by atoms with E-state index in [9.17, 15) is 9.59 Å². The number of H-pyrrole nitrogens is 1. The number of rotatable bonds is 4. The van der Waals surface area contributed by atoms with Gasteiger partial charge in [0.25, 0.3) is 5.91 Å². The van der Waals surface area contributed by atoms with Crippen LogP contribution < -0.4 is 10.9 Å². The Morgan fingerprint density at radius 1 is 1.25 bits per heavy atom. The molecule has 1 atom stereocenters. The molecule has 1 amide bonds. The molecule has 3 aromatic rings. The first-order chi connectivity index (χ1) is 11.5. The summed E-state index contributed by atoms with van der Waals surface area (Å²) in [6.45, 7) is 1.71. The fourth-order valence-corrected chi connectivity index (χ4v) is 2.17. The minimum atomic E-state index is -0.519. The molecule has 0 aliphatic carbocycles. The molecule has 122 valence electrons. The standard InChI is InChI=1S/C16H13ClN4O3/c1-9(18-15(23)12-3-2-4-13(22)19-12)16-20-14(21-24-16)10-5-7-11(17)8-6-10/h2-9H,1H3,(H,18,23)(H,19,22)/t9-/m1/s1. The topological polar surface area (TPSA) is 101 Å². The fraction of sp³-hybridized carbons (Fsp3) is 0.125. The number of hydrogen-bond acceptors (Lipinski definition) is 5. The van der Waals surface area contributed by atoms with Crippen LogP contribution in [0.15, 0.2) is 51.8 Å². The predicted molar refractivity (Wildman–Crippen MR) is 87.7 cm³/mol. The summed E-state index contributed by atoms with van der Waals surface area (Å²) in [5.41, 5.74) is 0.560. The maximum atomic E-state index is 12.1. The molecule has 0 fully saturated rings. The minimum Gasteiger partial charge on any atom is -0.339 e. The van der Waals surface area contributed by atoms with Gasteiger partial charge in [0.15, 0.2) is 0 Å². The highest BCUT2D eigenvalue weighted by Crippen LogP contribution is 2.20. The third kappa shape index (κ3) is 3.52. The van der Waals surface area contributed by atoms with E-state index >= 15 is 0 Å². The zero-order valence-electron chi connectivity index (χ0n) is 12.6. The summed E-state index contributed by atoms with van der Waals surface area (Å²) >= 11 is 5.84. The van der Waals surface area contributed by atoms with Crippen molar-refractivity contribution in [3.63, 3.8) is 0 Å². The van der Waals surface area contributed by atoms with E-state index in [2.05, 4.69) is 20.4 Å². The smallest absolute Gasteiger partial charge is 0.268 e. The van der Waals surface area contributed by atoms with Crippen LogP contribution in [-0.2, 0) is 0 Å². The van der Waals surface area contributed by atoms with Crippen LogP contribution in [-0.4, -0.2) is 21.0 Å². The first-order valence-corrected chi connectivity index (χ1v) is 7.50. The van der Waals surface area contributed by atoms with Gasteiger partial charge in [0, 0.05) is 16.7 Å². The number of aromatic amines is 1. The maximum absolute atomic E-state index is 12.1. The number of pyridine rings is 1. The molecule has 1 aromatic carbocycles. The van der Waals surface area contributed by atoms with Crippen LogP contribution in [0.5, 0.6) is 0 Å². The SMILES string of the molecule is C[C@@H](NC(=O)c1cccc(=O)[nH]1)c1nc(-c2ccc(Cl)cc2)no1. The molecular weight excluding hydrogens is 332 g/mol. The molecule has 2 heterocycles. The average molecular weight is 345 g/mol.